The van der Waals surface area contributed by atoms with Crippen LogP contribution in [0.25, 0.3) is 0 Å². The summed E-state index contributed by atoms with van der Waals surface area (Å²) < 4.78 is 5.19. The molecule has 1 N–H and O–H groups in total. The molecular weight excluding hydrogens is 268 g/mol. The molecule has 6 nitrogen and oxygen atoms in total. The summed E-state index contributed by atoms with van der Waals surface area (Å²) in [6.45, 7) is 5.34. The third kappa shape index (κ3) is 4.15. The van der Waals surface area contributed by atoms with Crippen LogP contribution in [0.3, 0.4) is 0 Å². The molecule has 0 aromatic carbocycles. The molecule has 21 heavy (non-hydrogen) atoms. The van der Waals surface area contributed by atoms with Gasteiger partial charge in [-0.15, -0.1) is 0 Å². The third-order valence-electron chi connectivity index (χ3n) is 3.27. The third-order valence-corrected chi connectivity index (χ3v) is 3.27. The standard InChI is InChI=1S/C15H20N4O2/c1-15(2,3)21-14(20)19-13-11(8-16)9-17-12(18-13)10-6-4-5-7-10/h9-10H,4-7H2,1-3H3,(H,17,18,19,20). The first-order valence-corrected chi connectivity index (χ1v) is 7.16. The second kappa shape index (κ2) is 6.08. The summed E-state index contributed by atoms with van der Waals surface area (Å²) in [5.74, 6) is 1.23. The summed E-state index contributed by atoms with van der Waals surface area (Å²) in [5, 5.41) is 11.6. The highest BCUT2D eigenvalue weighted by Gasteiger charge is 2.22. The van der Waals surface area contributed by atoms with E-state index in [2.05, 4.69) is 15.3 Å². The van der Waals surface area contributed by atoms with Crippen LogP contribution in [0.5, 0.6) is 0 Å². The van der Waals surface area contributed by atoms with Gasteiger partial charge in [0.2, 0.25) is 0 Å². The molecule has 0 aliphatic heterocycles. The van der Waals surface area contributed by atoms with Gasteiger partial charge in [-0.3, -0.25) is 5.32 Å². The number of aromatic nitrogens is 2. The van der Waals surface area contributed by atoms with E-state index in [4.69, 9.17) is 10.00 Å². The molecule has 1 saturated carbocycles. The number of hydrogen-bond acceptors (Lipinski definition) is 5. The highest BCUT2D eigenvalue weighted by Crippen LogP contribution is 2.32. The van der Waals surface area contributed by atoms with Gasteiger partial charge in [0.05, 0.1) is 6.20 Å². The number of anilines is 1. The minimum Gasteiger partial charge on any atom is -0.444 e. The lowest BCUT2D eigenvalue weighted by Gasteiger charge is -2.20. The van der Waals surface area contributed by atoms with Gasteiger partial charge in [-0.2, -0.15) is 5.26 Å². The Balaban J connectivity index is 2.18. The molecule has 1 fully saturated rings. The lowest BCUT2D eigenvalue weighted by molar-refractivity contribution is 0.0635. The maximum Gasteiger partial charge on any atom is 0.413 e. The van der Waals surface area contributed by atoms with E-state index in [0.717, 1.165) is 12.8 Å². The van der Waals surface area contributed by atoms with Gasteiger partial charge < -0.3 is 4.74 Å². The molecule has 2 rings (SSSR count). The number of hydrogen-bond donors (Lipinski definition) is 1. The van der Waals surface area contributed by atoms with Crippen LogP contribution < -0.4 is 5.32 Å². The number of carbonyl (C=O) groups is 1. The molecule has 1 aliphatic rings. The number of carbonyl (C=O) groups excluding carboxylic acids is 1. The summed E-state index contributed by atoms with van der Waals surface area (Å²) in [6.07, 6.45) is 5.30. The predicted molar refractivity (Wildman–Crippen MR) is 77.8 cm³/mol. The number of rotatable bonds is 2. The molecule has 0 bridgehead atoms. The van der Waals surface area contributed by atoms with Crippen molar-refractivity contribution in [1.29, 1.82) is 5.26 Å². The molecule has 1 aromatic heterocycles. The van der Waals surface area contributed by atoms with Crippen molar-refractivity contribution in [3.05, 3.63) is 17.6 Å². The van der Waals surface area contributed by atoms with Crippen LogP contribution >= 0.6 is 0 Å². The second-order valence-corrected chi connectivity index (χ2v) is 6.21. The molecule has 1 heterocycles. The van der Waals surface area contributed by atoms with Gasteiger partial charge in [-0.25, -0.2) is 14.8 Å². The van der Waals surface area contributed by atoms with Crippen LogP contribution in [-0.2, 0) is 4.74 Å². The van der Waals surface area contributed by atoms with Crippen LogP contribution in [0.1, 0.15) is 63.8 Å². The highest BCUT2D eigenvalue weighted by molar-refractivity contribution is 5.85. The predicted octanol–water partition coefficient (Wildman–Crippen LogP) is 3.35. The zero-order valence-corrected chi connectivity index (χ0v) is 12.6. The largest absolute Gasteiger partial charge is 0.444 e. The number of amides is 1. The van der Waals surface area contributed by atoms with E-state index in [-0.39, 0.29) is 11.4 Å². The normalized spacial score (nSPS) is 15.5. The van der Waals surface area contributed by atoms with Crippen molar-refractivity contribution in [2.24, 2.45) is 0 Å². The first kappa shape index (κ1) is 15.2. The molecule has 112 valence electrons. The van der Waals surface area contributed by atoms with E-state index in [0.29, 0.717) is 11.7 Å². The van der Waals surface area contributed by atoms with Crippen molar-refractivity contribution in [2.75, 3.05) is 5.32 Å². The number of ether oxygens (including phenoxy) is 1. The van der Waals surface area contributed by atoms with E-state index < -0.39 is 11.7 Å². The Morgan fingerprint density at radius 3 is 2.67 bits per heavy atom. The lowest BCUT2D eigenvalue weighted by atomic mass is 10.1. The van der Waals surface area contributed by atoms with Gasteiger partial charge in [0.15, 0.2) is 5.82 Å². The Bertz CT molecular complexity index is 566. The highest BCUT2D eigenvalue weighted by atomic mass is 16.6. The van der Waals surface area contributed by atoms with E-state index in [1.807, 2.05) is 6.07 Å². The monoisotopic (exact) mass is 288 g/mol. The van der Waals surface area contributed by atoms with Crippen molar-refractivity contribution in [3.63, 3.8) is 0 Å². The second-order valence-electron chi connectivity index (χ2n) is 6.21. The molecule has 0 spiro atoms. The number of nitriles is 1. The summed E-state index contributed by atoms with van der Waals surface area (Å²) in [7, 11) is 0. The van der Waals surface area contributed by atoms with Crippen molar-refractivity contribution in [1.82, 2.24) is 9.97 Å². The van der Waals surface area contributed by atoms with Crippen LogP contribution in [0.2, 0.25) is 0 Å². The Labute approximate surface area is 124 Å². The van der Waals surface area contributed by atoms with Crippen molar-refractivity contribution < 1.29 is 9.53 Å². The first-order valence-electron chi connectivity index (χ1n) is 7.16. The fourth-order valence-corrected chi connectivity index (χ4v) is 2.35. The summed E-state index contributed by atoms with van der Waals surface area (Å²) in [4.78, 5) is 20.4. The number of nitrogens with zero attached hydrogens (tertiary/aromatic N) is 3. The van der Waals surface area contributed by atoms with Gasteiger partial charge in [-0.05, 0) is 33.6 Å². The van der Waals surface area contributed by atoms with Crippen LogP contribution in [0.15, 0.2) is 6.20 Å². The summed E-state index contributed by atoms with van der Waals surface area (Å²) in [5.41, 5.74) is -0.360. The minimum absolute atomic E-state index is 0.226. The molecule has 6 heteroatoms. The van der Waals surface area contributed by atoms with Crippen LogP contribution in [0, 0.1) is 11.3 Å². The average molecular weight is 288 g/mol. The fraction of sp³-hybridized carbons (Fsp3) is 0.600. The topological polar surface area (TPSA) is 87.9 Å². The summed E-state index contributed by atoms with van der Waals surface area (Å²) >= 11 is 0. The van der Waals surface area contributed by atoms with Crippen molar-refractivity contribution >= 4 is 11.9 Å². The molecule has 1 aliphatic carbocycles. The maximum atomic E-state index is 11.8. The molecule has 1 aromatic rings. The SMILES string of the molecule is CC(C)(C)OC(=O)Nc1nc(C2CCCC2)ncc1C#N. The maximum absolute atomic E-state index is 11.8. The molecule has 0 radical (unpaired) electrons. The quantitative estimate of drug-likeness (QED) is 0.901. The van der Waals surface area contributed by atoms with Crippen molar-refractivity contribution in [3.8, 4) is 6.07 Å². The summed E-state index contributed by atoms with van der Waals surface area (Å²) in [6, 6.07) is 1.99. The first-order chi connectivity index (χ1) is 9.89. The fourth-order valence-electron chi connectivity index (χ4n) is 2.35. The number of nitrogens with one attached hydrogen (secondary N) is 1. The Hall–Kier alpha value is -2.16. The zero-order chi connectivity index (χ0) is 15.5. The smallest absolute Gasteiger partial charge is 0.413 e. The average Bonchev–Trinajstić information content (AvgIpc) is 2.90. The van der Waals surface area contributed by atoms with E-state index >= 15 is 0 Å². The minimum atomic E-state index is -0.616. The van der Waals surface area contributed by atoms with Gasteiger partial charge in [0.25, 0.3) is 0 Å². The molecule has 0 saturated heterocycles. The zero-order valence-electron chi connectivity index (χ0n) is 12.6. The Morgan fingerprint density at radius 2 is 2.10 bits per heavy atom. The van der Waals surface area contributed by atoms with Crippen LogP contribution in [0.4, 0.5) is 10.6 Å². The Morgan fingerprint density at radius 1 is 1.43 bits per heavy atom. The van der Waals surface area contributed by atoms with Gasteiger partial charge in [-0.1, -0.05) is 12.8 Å². The van der Waals surface area contributed by atoms with E-state index in [1.54, 1.807) is 20.8 Å². The van der Waals surface area contributed by atoms with Crippen LogP contribution in [-0.4, -0.2) is 21.7 Å². The molecule has 1 amide bonds. The lowest BCUT2D eigenvalue weighted by Crippen LogP contribution is -2.28. The van der Waals surface area contributed by atoms with Crippen molar-refractivity contribution in [2.45, 2.75) is 58.0 Å². The molecule has 0 atom stereocenters. The molecular formula is C15H20N4O2. The van der Waals surface area contributed by atoms with E-state index in [1.165, 1.54) is 19.0 Å². The molecule has 0 unspecified atom stereocenters. The van der Waals surface area contributed by atoms with E-state index in [9.17, 15) is 4.79 Å². The van der Waals surface area contributed by atoms with Gasteiger partial charge in [0.1, 0.15) is 23.1 Å². The van der Waals surface area contributed by atoms with Gasteiger partial charge >= 0.3 is 6.09 Å². The Kier molecular flexibility index (Phi) is 4.41. The van der Waals surface area contributed by atoms with Gasteiger partial charge in [0, 0.05) is 5.92 Å².